The molecule has 1 amide bonds. The third-order valence-electron chi connectivity index (χ3n) is 5.15. The molecule has 1 atom stereocenters. The van der Waals surface area contributed by atoms with E-state index in [4.69, 9.17) is 9.47 Å². The molecule has 0 aliphatic carbocycles. The van der Waals surface area contributed by atoms with Crippen molar-refractivity contribution in [1.82, 2.24) is 9.62 Å². The number of nitrogens with one attached hydrogen (secondary N) is 1. The molecule has 0 bridgehead atoms. The number of sulfonamides is 1. The van der Waals surface area contributed by atoms with E-state index in [1.165, 1.54) is 4.31 Å². The summed E-state index contributed by atoms with van der Waals surface area (Å²) in [5.41, 5.74) is 1.04. The van der Waals surface area contributed by atoms with Gasteiger partial charge in [-0.05, 0) is 43.3 Å². The zero-order chi connectivity index (χ0) is 22.3. The van der Waals surface area contributed by atoms with E-state index in [1.807, 2.05) is 42.5 Å². The van der Waals surface area contributed by atoms with Crippen LogP contribution in [0.1, 0.15) is 6.92 Å². The summed E-state index contributed by atoms with van der Waals surface area (Å²) >= 11 is 0. The highest BCUT2D eigenvalue weighted by atomic mass is 32.2. The van der Waals surface area contributed by atoms with Gasteiger partial charge in [-0.15, -0.1) is 0 Å². The van der Waals surface area contributed by atoms with Crippen LogP contribution in [0.15, 0.2) is 54.6 Å². The van der Waals surface area contributed by atoms with Crippen molar-refractivity contribution in [2.24, 2.45) is 0 Å². The van der Waals surface area contributed by atoms with Crippen LogP contribution < -0.4 is 19.7 Å². The molecular formula is C22H29N3O5S. The number of anilines is 1. The van der Waals surface area contributed by atoms with Crippen LogP contribution >= 0.6 is 0 Å². The van der Waals surface area contributed by atoms with Crippen molar-refractivity contribution in [2.45, 2.75) is 13.0 Å². The van der Waals surface area contributed by atoms with E-state index < -0.39 is 16.1 Å². The molecule has 3 rings (SSSR count). The lowest BCUT2D eigenvalue weighted by Crippen LogP contribution is -2.50. The lowest BCUT2D eigenvalue weighted by atomic mass is 10.2. The number of hydrogen-bond acceptors (Lipinski definition) is 6. The van der Waals surface area contributed by atoms with E-state index in [2.05, 4.69) is 10.2 Å². The minimum Gasteiger partial charge on any atom is -0.497 e. The number of piperazine rings is 1. The van der Waals surface area contributed by atoms with Gasteiger partial charge in [-0.1, -0.05) is 18.2 Å². The van der Waals surface area contributed by atoms with Gasteiger partial charge in [0.15, 0.2) is 6.10 Å². The van der Waals surface area contributed by atoms with Crippen molar-refractivity contribution in [2.75, 3.05) is 50.5 Å². The minimum atomic E-state index is -3.45. The first kappa shape index (κ1) is 22.9. The molecule has 2 aromatic carbocycles. The Balaban J connectivity index is 1.43. The molecule has 8 nitrogen and oxygen atoms in total. The highest BCUT2D eigenvalue weighted by Gasteiger charge is 2.27. The minimum absolute atomic E-state index is 0.0440. The summed E-state index contributed by atoms with van der Waals surface area (Å²) in [6, 6.07) is 16.8. The van der Waals surface area contributed by atoms with Crippen LogP contribution in [0.5, 0.6) is 11.5 Å². The van der Waals surface area contributed by atoms with Gasteiger partial charge in [-0.2, -0.15) is 4.31 Å². The number of methoxy groups -OCH3 is 1. The Labute approximate surface area is 183 Å². The fourth-order valence-corrected chi connectivity index (χ4v) is 4.69. The second kappa shape index (κ2) is 10.5. The molecule has 1 N–H and O–H groups in total. The average Bonchev–Trinajstić information content (AvgIpc) is 2.79. The van der Waals surface area contributed by atoms with Gasteiger partial charge in [-0.25, -0.2) is 8.42 Å². The molecule has 0 saturated carbocycles. The number of benzene rings is 2. The van der Waals surface area contributed by atoms with Crippen molar-refractivity contribution in [3.05, 3.63) is 54.6 Å². The summed E-state index contributed by atoms with van der Waals surface area (Å²) in [7, 11) is -1.83. The van der Waals surface area contributed by atoms with Gasteiger partial charge < -0.3 is 19.7 Å². The Morgan fingerprint density at radius 2 is 1.65 bits per heavy atom. The Bertz CT molecular complexity index is 943. The van der Waals surface area contributed by atoms with Crippen molar-refractivity contribution in [3.8, 4) is 11.5 Å². The molecule has 0 unspecified atom stereocenters. The fraction of sp³-hybridized carbons (Fsp3) is 0.409. The highest BCUT2D eigenvalue weighted by molar-refractivity contribution is 7.89. The second-order valence-corrected chi connectivity index (χ2v) is 9.35. The van der Waals surface area contributed by atoms with Gasteiger partial charge in [0.05, 0.1) is 12.9 Å². The van der Waals surface area contributed by atoms with Crippen LogP contribution in [-0.4, -0.2) is 70.3 Å². The van der Waals surface area contributed by atoms with Crippen LogP contribution in [0.4, 0.5) is 5.69 Å². The molecule has 2 aromatic rings. The first-order chi connectivity index (χ1) is 14.9. The van der Waals surface area contributed by atoms with Crippen LogP contribution in [0.3, 0.4) is 0 Å². The number of carbonyl (C=O) groups excluding carboxylic acids is 1. The number of amides is 1. The zero-order valence-corrected chi connectivity index (χ0v) is 18.7. The van der Waals surface area contributed by atoms with Crippen LogP contribution in [0, 0.1) is 0 Å². The molecule has 0 radical (unpaired) electrons. The predicted molar refractivity (Wildman–Crippen MR) is 120 cm³/mol. The largest absolute Gasteiger partial charge is 0.497 e. The normalized spacial score (nSPS) is 15.9. The van der Waals surface area contributed by atoms with Gasteiger partial charge in [0, 0.05) is 38.4 Å². The summed E-state index contributed by atoms with van der Waals surface area (Å²) in [5, 5.41) is 2.65. The molecule has 0 spiro atoms. The molecule has 31 heavy (non-hydrogen) atoms. The third-order valence-corrected chi connectivity index (χ3v) is 7.03. The monoisotopic (exact) mass is 447 g/mol. The maximum absolute atomic E-state index is 12.7. The van der Waals surface area contributed by atoms with Gasteiger partial charge >= 0.3 is 0 Å². The van der Waals surface area contributed by atoms with Crippen molar-refractivity contribution in [3.63, 3.8) is 0 Å². The molecule has 1 aliphatic heterocycles. The third kappa shape index (κ3) is 6.35. The quantitative estimate of drug-likeness (QED) is 0.630. The SMILES string of the molecule is COc1ccc(N2CCN(S(=O)(=O)CCNC(=O)[C@@H](C)Oc3ccccc3)CC2)cc1. The Hall–Kier alpha value is -2.78. The first-order valence-corrected chi connectivity index (χ1v) is 11.9. The van der Waals surface area contributed by atoms with E-state index in [0.29, 0.717) is 31.9 Å². The lowest BCUT2D eigenvalue weighted by molar-refractivity contribution is -0.127. The number of para-hydroxylation sites is 1. The summed E-state index contributed by atoms with van der Waals surface area (Å²) in [6.45, 7) is 3.73. The molecule has 1 fully saturated rings. The molecular weight excluding hydrogens is 418 g/mol. The number of rotatable bonds is 9. The number of nitrogens with zero attached hydrogens (tertiary/aromatic N) is 2. The summed E-state index contributed by atoms with van der Waals surface area (Å²) in [6.07, 6.45) is -0.710. The molecule has 1 saturated heterocycles. The lowest BCUT2D eigenvalue weighted by Gasteiger charge is -2.35. The Kier molecular flexibility index (Phi) is 7.75. The average molecular weight is 448 g/mol. The Morgan fingerprint density at radius 3 is 2.26 bits per heavy atom. The molecule has 9 heteroatoms. The van der Waals surface area contributed by atoms with E-state index in [-0.39, 0.29) is 18.2 Å². The number of hydrogen-bond donors (Lipinski definition) is 1. The standard InChI is InChI=1S/C22H29N3O5S/c1-18(30-21-6-4-3-5-7-21)22(26)23-12-17-31(27,28)25-15-13-24(14-16-25)19-8-10-20(29-2)11-9-19/h3-11,18H,12-17H2,1-2H3,(H,23,26)/t18-/m1/s1. The summed E-state index contributed by atoms with van der Waals surface area (Å²) < 4.78 is 37.5. The van der Waals surface area contributed by atoms with Crippen molar-refractivity contribution < 1.29 is 22.7 Å². The maximum atomic E-state index is 12.7. The molecule has 0 aromatic heterocycles. The van der Waals surface area contributed by atoms with Gasteiger partial charge in [0.25, 0.3) is 5.91 Å². The van der Waals surface area contributed by atoms with E-state index in [9.17, 15) is 13.2 Å². The fourth-order valence-electron chi connectivity index (χ4n) is 3.35. The van der Waals surface area contributed by atoms with Crippen LogP contribution in [0.25, 0.3) is 0 Å². The van der Waals surface area contributed by atoms with Crippen LogP contribution in [0.2, 0.25) is 0 Å². The Morgan fingerprint density at radius 1 is 1.00 bits per heavy atom. The van der Waals surface area contributed by atoms with Gasteiger partial charge in [0.1, 0.15) is 11.5 Å². The first-order valence-electron chi connectivity index (χ1n) is 10.3. The van der Waals surface area contributed by atoms with Gasteiger partial charge in [0.2, 0.25) is 10.0 Å². The zero-order valence-electron chi connectivity index (χ0n) is 17.9. The smallest absolute Gasteiger partial charge is 0.260 e. The summed E-state index contributed by atoms with van der Waals surface area (Å²) in [4.78, 5) is 14.3. The number of ether oxygens (including phenoxy) is 2. The molecule has 1 aliphatic rings. The maximum Gasteiger partial charge on any atom is 0.260 e. The van der Waals surface area contributed by atoms with Crippen LogP contribution in [-0.2, 0) is 14.8 Å². The van der Waals surface area contributed by atoms with E-state index >= 15 is 0 Å². The predicted octanol–water partition coefficient (Wildman–Crippen LogP) is 1.73. The van der Waals surface area contributed by atoms with Gasteiger partial charge in [-0.3, -0.25) is 4.79 Å². The molecule has 168 valence electrons. The van der Waals surface area contributed by atoms with E-state index in [1.54, 1.807) is 26.2 Å². The molecule has 1 heterocycles. The van der Waals surface area contributed by atoms with Crippen molar-refractivity contribution >= 4 is 21.6 Å². The second-order valence-electron chi connectivity index (χ2n) is 7.26. The number of carbonyl (C=O) groups is 1. The van der Waals surface area contributed by atoms with E-state index in [0.717, 1.165) is 11.4 Å². The topological polar surface area (TPSA) is 88.2 Å². The van der Waals surface area contributed by atoms with Crippen molar-refractivity contribution in [1.29, 1.82) is 0 Å². The summed E-state index contributed by atoms with van der Waals surface area (Å²) in [5.74, 6) is 0.894. The highest BCUT2D eigenvalue weighted by Crippen LogP contribution is 2.21.